The normalized spacial score (nSPS) is 15.1. The van der Waals surface area contributed by atoms with Crippen LogP contribution in [0.5, 0.6) is 0 Å². The van der Waals surface area contributed by atoms with E-state index >= 15 is 0 Å². The van der Waals surface area contributed by atoms with Crippen molar-refractivity contribution in [2.24, 2.45) is 5.73 Å². The van der Waals surface area contributed by atoms with Crippen molar-refractivity contribution in [3.05, 3.63) is 0 Å². The highest BCUT2D eigenvalue weighted by Crippen LogP contribution is 1.99. The van der Waals surface area contributed by atoms with Gasteiger partial charge in [-0.15, -0.1) is 0 Å². The molecule has 0 aromatic carbocycles. The van der Waals surface area contributed by atoms with Gasteiger partial charge in [0.2, 0.25) is 0 Å². The number of nitrogens with two attached hydrogens (primary N) is 1. The van der Waals surface area contributed by atoms with Crippen LogP contribution in [0.2, 0.25) is 0 Å². The Morgan fingerprint density at radius 2 is 2.14 bits per heavy atom. The number of carbonyl (C=O) groups is 1. The lowest BCUT2D eigenvalue weighted by Crippen LogP contribution is -2.40. The number of Topliss-reactive ketones (excluding diaryl/α,β-unsaturated/α-hetero) is 1. The molecule has 4 nitrogen and oxygen atoms in total. The summed E-state index contributed by atoms with van der Waals surface area (Å²) in [5.74, 6) is -0.0472. The van der Waals surface area contributed by atoms with Gasteiger partial charge in [0.1, 0.15) is 5.72 Å². The summed E-state index contributed by atoms with van der Waals surface area (Å²) in [5.41, 5.74) is 3.92. The zero-order chi connectivity index (χ0) is 11.0. The zero-order valence-corrected chi connectivity index (χ0v) is 9.18. The monoisotopic (exact) mass is 202 g/mol. The molecule has 84 valence electrons. The summed E-state index contributed by atoms with van der Waals surface area (Å²) in [5, 5.41) is 12.2. The average Bonchev–Trinajstić information content (AvgIpc) is 2.00. The van der Waals surface area contributed by atoms with Crippen molar-refractivity contribution in [2.45, 2.75) is 45.3 Å². The van der Waals surface area contributed by atoms with Crippen LogP contribution in [0.25, 0.3) is 0 Å². The van der Waals surface area contributed by atoms with Crippen LogP contribution in [0.1, 0.15) is 39.5 Å². The van der Waals surface area contributed by atoms with Gasteiger partial charge in [0.15, 0.2) is 5.78 Å². The summed E-state index contributed by atoms with van der Waals surface area (Å²) in [6.07, 6.45) is 3.44. The molecule has 0 saturated heterocycles. The van der Waals surface area contributed by atoms with E-state index in [9.17, 15) is 4.79 Å². The molecular weight excluding hydrogens is 180 g/mol. The lowest BCUT2D eigenvalue weighted by Gasteiger charge is -2.15. The molecule has 0 heterocycles. The maximum atomic E-state index is 11.2. The van der Waals surface area contributed by atoms with Crippen LogP contribution < -0.4 is 11.1 Å². The minimum atomic E-state index is -1.37. The Hall–Kier alpha value is -0.450. The van der Waals surface area contributed by atoms with Crippen molar-refractivity contribution < 1.29 is 9.90 Å². The van der Waals surface area contributed by atoms with Crippen molar-refractivity contribution in [2.75, 3.05) is 13.1 Å². The maximum Gasteiger partial charge on any atom is 0.150 e. The highest BCUT2D eigenvalue weighted by Gasteiger charge is 2.17. The van der Waals surface area contributed by atoms with E-state index in [2.05, 4.69) is 12.2 Å². The predicted molar refractivity (Wildman–Crippen MR) is 56.8 cm³/mol. The Balaban J connectivity index is 3.36. The van der Waals surface area contributed by atoms with E-state index in [0.717, 1.165) is 13.0 Å². The number of hydrogen-bond acceptors (Lipinski definition) is 4. The Bertz CT molecular complexity index is 164. The maximum absolute atomic E-state index is 11.2. The number of ketones is 1. The fourth-order valence-electron chi connectivity index (χ4n) is 1.19. The fraction of sp³-hybridized carbons (Fsp3) is 0.900. The smallest absolute Gasteiger partial charge is 0.150 e. The predicted octanol–water partition coefficient (Wildman–Crippen LogP) is 0.393. The molecule has 0 saturated carbocycles. The Morgan fingerprint density at radius 3 is 2.64 bits per heavy atom. The topological polar surface area (TPSA) is 75.4 Å². The van der Waals surface area contributed by atoms with Crippen molar-refractivity contribution in [1.29, 1.82) is 0 Å². The molecule has 0 aliphatic heterocycles. The third-order valence-electron chi connectivity index (χ3n) is 1.83. The lowest BCUT2D eigenvalue weighted by atomic mass is 10.1. The molecule has 0 rings (SSSR count). The third-order valence-corrected chi connectivity index (χ3v) is 1.83. The first kappa shape index (κ1) is 13.5. The number of rotatable bonds is 8. The number of nitrogens with one attached hydrogen (secondary N) is 1. The summed E-state index contributed by atoms with van der Waals surface area (Å²) < 4.78 is 0. The van der Waals surface area contributed by atoms with Crippen molar-refractivity contribution in [1.82, 2.24) is 5.32 Å². The van der Waals surface area contributed by atoms with Gasteiger partial charge in [-0.05, 0) is 19.9 Å². The second kappa shape index (κ2) is 6.92. The summed E-state index contributed by atoms with van der Waals surface area (Å²) in [6, 6.07) is 0. The number of aliphatic hydroxyl groups is 1. The van der Waals surface area contributed by atoms with Gasteiger partial charge in [-0.25, -0.2) is 0 Å². The standard InChI is InChI=1S/C10H22N2O2/c1-3-4-5-6-12-8-9(13)7-10(2,11)14/h12,14H,3-8,11H2,1-2H3. The van der Waals surface area contributed by atoms with Crippen LogP contribution in [-0.2, 0) is 4.79 Å². The van der Waals surface area contributed by atoms with E-state index in [0.29, 0.717) is 6.54 Å². The molecule has 0 bridgehead atoms. The van der Waals surface area contributed by atoms with Gasteiger partial charge < -0.3 is 16.2 Å². The van der Waals surface area contributed by atoms with Crippen molar-refractivity contribution in [3.8, 4) is 0 Å². The molecule has 1 atom stereocenters. The Labute approximate surface area is 85.9 Å². The van der Waals surface area contributed by atoms with Gasteiger partial charge in [0.05, 0.1) is 6.54 Å². The number of carbonyl (C=O) groups excluding carboxylic acids is 1. The molecule has 0 amide bonds. The first-order valence-corrected chi connectivity index (χ1v) is 5.19. The van der Waals surface area contributed by atoms with Crippen LogP contribution in [-0.4, -0.2) is 29.7 Å². The molecule has 0 aromatic heterocycles. The first-order valence-electron chi connectivity index (χ1n) is 5.19. The number of unbranched alkanes of at least 4 members (excludes halogenated alkanes) is 2. The SMILES string of the molecule is CCCCCNCC(=O)CC(C)(N)O. The summed E-state index contributed by atoms with van der Waals surface area (Å²) >= 11 is 0. The van der Waals surface area contributed by atoms with Crippen molar-refractivity contribution >= 4 is 5.78 Å². The summed E-state index contributed by atoms with van der Waals surface area (Å²) in [6.45, 7) is 4.72. The molecular formula is C10H22N2O2. The zero-order valence-electron chi connectivity index (χ0n) is 9.18. The van der Waals surface area contributed by atoms with E-state index in [1.807, 2.05) is 0 Å². The van der Waals surface area contributed by atoms with E-state index < -0.39 is 5.72 Å². The van der Waals surface area contributed by atoms with Gasteiger partial charge in [-0.1, -0.05) is 19.8 Å². The summed E-state index contributed by atoms with van der Waals surface area (Å²) in [4.78, 5) is 11.2. The first-order chi connectivity index (χ1) is 6.45. The summed E-state index contributed by atoms with van der Waals surface area (Å²) in [7, 11) is 0. The van der Waals surface area contributed by atoms with Gasteiger partial charge in [-0.2, -0.15) is 0 Å². The largest absolute Gasteiger partial charge is 0.376 e. The van der Waals surface area contributed by atoms with Gasteiger partial charge in [0.25, 0.3) is 0 Å². The molecule has 0 radical (unpaired) electrons. The van der Waals surface area contributed by atoms with Gasteiger partial charge >= 0.3 is 0 Å². The molecule has 4 N–H and O–H groups in total. The van der Waals surface area contributed by atoms with E-state index in [1.165, 1.54) is 19.8 Å². The van der Waals surface area contributed by atoms with E-state index in [-0.39, 0.29) is 12.2 Å². The van der Waals surface area contributed by atoms with Crippen LogP contribution in [0.15, 0.2) is 0 Å². The van der Waals surface area contributed by atoms with Gasteiger partial charge in [0, 0.05) is 6.42 Å². The molecule has 1 unspecified atom stereocenters. The van der Waals surface area contributed by atoms with Crippen LogP contribution >= 0.6 is 0 Å². The molecule has 0 aromatic rings. The molecule has 0 aliphatic rings. The highest BCUT2D eigenvalue weighted by atomic mass is 16.3. The molecule has 0 aliphatic carbocycles. The molecule has 4 heteroatoms. The molecule has 0 spiro atoms. The Kier molecular flexibility index (Phi) is 6.70. The lowest BCUT2D eigenvalue weighted by molar-refractivity contribution is -0.122. The minimum absolute atomic E-state index is 0.00772. The third kappa shape index (κ3) is 9.64. The Morgan fingerprint density at radius 1 is 1.50 bits per heavy atom. The quantitative estimate of drug-likeness (QED) is 0.393. The second-order valence-corrected chi connectivity index (χ2v) is 3.96. The van der Waals surface area contributed by atoms with Crippen molar-refractivity contribution in [3.63, 3.8) is 0 Å². The van der Waals surface area contributed by atoms with Gasteiger partial charge in [-0.3, -0.25) is 4.79 Å². The second-order valence-electron chi connectivity index (χ2n) is 3.96. The van der Waals surface area contributed by atoms with E-state index in [1.54, 1.807) is 0 Å². The van der Waals surface area contributed by atoms with Crippen LogP contribution in [0, 0.1) is 0 Å². The highest BCUT2D eigenvalue weighted by molar-refractivity contribution is 5.81. The molecule has 14 heavy (non-hydrogen) atoms. The van der Waals surface area contributed by atoms with E-state index in [4.69, 9.17) is 10.8 Å². The fourth-order valence-corrected chi connectivity index (χ4v) is 1.19. The van der Waals surface area contributed by atoms with Crippen LogP contribution in [0.4, 0.5) is 0 Å². The molecule has 0 fully saturated rings. The van der Waals surface area contributed by atoms with Crippen LogP contribution in [0.3, 0.4) is 0 Å². The average molecular weight is 202 g/mol. The number of hydrogen-bond donors (Lipinski definition) is 3. The minimum Gasteiger partial charge on any atom is -0.376 e.